The molecule has 0 fully saturated rings. The maximum Gasteiger partial charge on any atom is 0.0243 e. The fourth-order valence-electron chi connectivity index (χ4n) is 1.60. The van der Waals surface area contributed by atoms with Crippen molar-refractivity contribution in [3.8, 4) is 0 Å². The minimum atomic E-state index is 1.05. The van der Waals surface area contributed by atoms with E-state index in [4.69, 9.17) is 0 Å². The normalized spacial score (nSPS) is 10.4. The highest BCUT2D eigenvalue weighted by Gasteiger charge is 2.02. The molecule has 0 atom stereocenters. The van der Waals surface area contributed by atoms with Gasteiger partial charge in [-0.1, -0.05) is 43.3 Å². The third kappa shape index (κ3) is 3.83. The van der Waals surface area contributed by atoms with Gasteiger partial charge in [0.25, 0.3) is 0 Å². The molecule has 0 bridgehead atoms. The number of rotatable bonds is 5. The molecule has 17 heavy (non-hydrogen) atoms. The highest BCUT2D eigenvalue weighted by molar-refractivity contribution is 7.99. The van der Waals surface area contributed by atoms with Gasteiger partial charge in [0.05, 0.1) is 0 Å². The van der Waals surface area contributed by atoms with E-state index in [9.17, 15) is 0 Å². The summed E-state index contributed by atoms with van der Waals surface area (Å²) in [5.41, 5.74) is 1.44. The second kappa shape index (κ2) is 6.77. The molecule has 0 radical (unpaired) electrons. The standard InChI is InChI=1S/C15H16S2/c1-2-16-15-11-7-6-8-13(15)12-17-14-9-4-3-5-10-14/h3-11H,2,12H2,1H3. The van der Waals surface area contributed by atoms with E-state index in [2.05, 4.69) is 61.5 Å². The molecule has 2 rings (SSSR count). The molecular formula is C15H16S2. The highest BCUT2D eigenvalue weighted by Crippen LogP contribution is 2.28. The van der Waals surface area contributed by atoms with Crippen molar-refractivity contribution in [1.82, 2.24) is 0 Å². The Morgan fingerprint density at radius 3 is 2.29 bits per heavy atom. The average Bonchev–Trinajstić information content (AvgIpc) is 2.39. The Morgan fingerprint density at radius 1 is 0.824 bits per heavy atom. The molecule has 0 heterocycles. The molecule has 0 aliphatic heterocycles. The van der Waals surface area contributed by atoms with Crippen LogP contribution in [0.2, 0.25) is 0 Å². The van der Waals surface area contributed by atoms with Gasteiger partial charge >= 0.3 is 0 Å². The second-order valence-corrected chi connectivity index (χ2v) is 6.00. The number of hydrogen-bond acceptors (Lipinski definition) is 2. The van der Waals surface area contributed by atoms with Crippen LogP contribution in [0.3, 0.4) is 0 Å². The van der Waals surface area contributed by atoms with Crippen LogP contribution in [-0.4, -0.2) is 5.75 Å². The molecule has 0 nitrogen and oxygen atoms in total. The molecule has 2 aromatic carbocycles. The lowest BCUT2D eigenvalue weighted by Crippen LogP contribution is -1.85. The van der Waals surface area contributed by atoms with E-state index in [1.165, 1.54) is 15.4 Å². The molecule has 2 heteroatoms. The Hall–Kier alpha value is -0.860. The van der Waals surface area contributed by atoms with Crippen LogP contribution in [0, 0.1) is 0 Å². The summed E-state index contributed by atoms with van der Waals surface area (Å²) in [6.07, 6.45) is 0. The van der Waals surface area contributed by atoms with E-state index in [0.29, 0.717) is 0 Å². The lowest BCUT2D eigenvalue weighted by molar-refractivity contribution is 1.26. The zero-order chi connectivity index (χ0) is 11.9. The topological polar surface area (TPSA) is 0 Å². The summed E-state index contributed by atoms with van der Waals surface area (Å²) in [7, 11) is 0. The molecule has 0 spiro atoms. The van der Waals surface area contributed by atoms with Crippen molar-refractivity contribution in [2.24, 2.45) is 0 Å². The highest BCUT2D eigenvalue weighted by atomic mass is 32.2. The Morgan fingerprint density at radius 2 is 1.53 bits per heavy atom. The summed E-state index contributed by atoms with van der Waals surface area (Å²) in [4.78, 5) is 2.75. The van der Waals surface area contributed by atoms with Crippen LogP contribution in [0.15, 0.2) is 64.4 Å². The van der Waals surface area contributed by atoms with Gasteiger partial charge in [-0.05, 0) is 29.5 Å². The first-order valence-electron chi connectivity index (χ1n) is 5.78. The summed E-state index contributed by atoms with van der Waals surface area (Å²) in [5, 5.41) is 0. The third-order valence-corrected chi connectivity index (χ3v) is 4.47. The molecule has 0 aliphatic carbocycles. The van der Waals surface area contributed by atoms with E-state index in [-0.39, 0.29) is 0 Å². The van der Waals surface area contributed by atoms with Gasteiger partial charge in [0.1, 0.15) is 0 Å². The summed E-state index contributed by atoms with van der Waals surface area (Å²) < 4.78 is 0. The quantitative estimate of drug-likeness (QED) is 0.687. The minimum absolute atomic E-state index is 1.05. The predicted octanol–water partition coefficient (Wildman–Crippen LogP) is 5.09. The number of hydrogen-bond donors (Lipinski definition) is 0. The molecule has 0 aromatic heterocycles. The molecular weight excluding hydrogens is 244 g/mol. The predicted molar refractivity (Wildman–Crippen MR) is 78.8 cm³/mol. The maximum atomic E-state index is 2.23. The van der Waals surface area contributed by atoms with Gasteiger partial charge in [-0.3, -0.25) is 0 Å². The molecule has 0 N–H and O–H groups in total. The Labute approximate surface area is 112 Å². The van der Waals surface area contributed by atoms with Crippen molar-refractivity contribution in [2.45, 2.75) is 22.5 Å². The van der Waals surface area contributed by atoms with E-state index in [1.807, 2.05) is 23.5 Å². The summed E-state index contributed by atoms with van der Waals surface area (Å²) in [6.45, 7) is 2.20. The molecule has 0 aliphatic rings. The van der Waals surface area contributed by atoms with E-state index in [1.54, 1.807) is 0 Å². The summed E-state index contributed by atoms with van der Waals surface area (Å²) in [6, 6.07) is 19.3. The average molecular weight is 260 g/mol. The van der Waals surface area contributed by atoms with Crippen LogP contribution in [0.1, 0.15) is 12.5 Å². The van der Waals surface area contributed by atoms with Crippen LogP contribution >= 0.6 is 23.5 Å². The minimum Gasteiger partial charge on any atom is -0.126 e. The van der Waals surface area contributed by atoms with Crippen LogP contribution in [-0.2, 0) is 5.75 Å². The molecule has 0 saturated carbocycles. The molecule has 88 valence electrons. The van der Waals surface area contributed by atoms with Crippen LogP contribution in [0.5, 0.6) is 0 Å². The lowest BCUT2D eigenvalue weighted by Gasteiger charge is -2.07. The maximum absolute atomic E-state index is 2.23. The molecule has 0 amide bonds. The monoisotopic (exact) mass is 260 g/mol. The second-order valence-electron chi connectivity index (χ2n) is 3.64. The van der Waals surface area contributed by atoms with Crippen molar-refractivity contribution < 1.29 is 0 Å². The van der Waals surface area contributed by atoms with Crippen molar-refractivity contribution in [3.63, 3.8) is 0 Å². The smallest absolute Gasteiger partial charge is 0.0243 e. The van der Waals surface area contributed by atoms with Gasteiger partial charge in [-0.25, -0.2) is 0 Å². The largest absolute Gasteiger partial charge is 0.126 e. The van der Waals surface area contributed by atoms with Crippen LogP contribution < -0.4 is 0 Å². The Bertz CT molecular complexity index is 451. The summed E-state index contributed by atoms with van der Waals surface area (Å²) >= 11 is 3.82. The summed E-state index contributed by atoms with van der Waals surface area (Å²) in [5.74, 6) is 2.18. The first-order chi connectivity index (χ1) is 8.40. The van der Waals surface area contributed by atoms with E-state index < -0.39 is 0 Å². The Balaban J connectivity index is 2.03. The van der Waals surface area contributed by atoms with Gasteiger partial charge in [0.15, 0.2) is 0 Å². The van der Waals surface area contributed by atoms with Crippen molar-refractivity contribution in [1.29, 1.82) is 0 Å². The SMILES string of the molecule is CCSc1ccccc1CSc1ccccc1. The third-order valence-electron chi connectivity index (χ3n) is 2.41. The van der Waals surface area contributed by atoms with Gasteiger partial charge in [0, 0.05) is 15.5 Å². The molecule has 0 unspecified atom stereocenters. The van der Waals surface area contributed by atoms with Gasteiger partial charge in [-0.15, -0.1) is 23.5 Å². The van der Waals surface area contributed by atoms with E-state index in [0.717, 1.165) is 11.5 Å². The van der Waals surface area contributed by atoms with Crippen molar-refractivity contribution >= 4 is 23.5 Å². The van der Waals surface area contributed by atoms with Gasteiger partial charge in [-0.2, -0.15) is 0 Å². The van der Waals surface area contributed by atoms with E-state index >= 15 is 0 Å². The fourth-order valence-corrected chi connectivity index (χ4v) is 3.42. The first-order valence-corrected chi connectivity index (χ1v) is 7.76. The van der Waals surface area contributed by atoms with Crippen LogP contribution in [0.4, 0.5) is 0 Å². The zero-order valence-corrected chi connectivity index (χ0v) is 11.6. The molecule has 0 saturated heterocycles. The number of benzene rings is 2. The van der Waals surface area contributed by atoms with Gasteiger partial charge < -0.3 is 0 Å². The van der Waals surface area contributed by atoms with Crippen LogP contribution in [0.25, 0.3) is 0 Å². The lowest BCUT2D eigenvalue weighted by atomic mass is 10.2. The van der Waals surface area contributed by atoms with Gasteiger partial charge in [0.2, 0.25) is 0 Å². The Kier molecular flexibility index (Phi) is 5.02. The van der Waals surface area contributed by atoms with Crippen molar-refractivity contribution in [2.75, 3.05) is 5.75 Å². The first kappa shape index (κ1) is 12.6. The number of thioether (sulfide) groups is 2. The fraction of sp³-hybridized carbons (Fsp3) is 0.200. The zero-order valence-electron chi connectivity index (χ0n) is 9.93. The molecule has 2 aromatic rings. The van der Waals surface area contributed by atoms with Crippen molar-refractivity contribution in [3.05, 3.63) is 60.2 Å².